The molecular formula is C46H79O13P. The van der Waals surface area contributed by atoms with Crippen molar-refractivity contribution in [2.45, 2.75) is 204 Å². The lowest BCUT2D eigenvalue weighted by Gasteiger charge is -2.41. The summed E-state index contributed by atoms with van der Waals surface area (Å²) in [4.78, 5) is 35.6. The molecule has 0 amide bonds. The van der Waals surface area contributed by atoms with Gasteiger partial charge < -0.3 is 39.9 Å². The lowest BCUT2D eigenvalue weighted by Crippen LogP contribution is -2.64. The number of carbonyl (C=O) groups is 2. The number of aliphatic hydroxyl groups is 5. The second kappa shape index (κ2) is 36.1. The monoisotopic (exact) mass is 871 g/mol. The molecule has 6 N–H and O–H groups in total. The summed E-state index contributed by atoms with van der Waals surface area (Å²) in [5.41, 5.74) is 0. The van der Waals surface area contributed by atoms with E-state index in [1.54, 1.807) is 0 Å². The molecule has 0 radical (unpaired) electrons. The molecule has 13 nitrogen and oxygen atoms in total. The van der Waals surface area contributed by atoms with E-state index in [1.165, 1.54) is 44.9 Å². The molecule has 1 saturated carbocycles. The van der Waals surface area contributed by atoms with Crippen molar-refractivity contribution in [2.75, 3.05) is 13.2 Å². The maximum Gasteiger partial charge on any atom is 0.472 e. The average Bonchev–Trinajstić information content (AvgIpc) is 3.23. The van der Waals surface area contributed by atoms with Gasteiger partial charge in [0.25, 0.3) is 0 Å². The molecule has 6 unspecified atom stereocenters. The number of aliphatic hydroxyl groups excluding tert-OH is 5. The Bertz CT molecular complexity index is 1280. The van der Waals surface area contributed by atoms with Crippen LogP contribution in [0.2, 0.25) is 0 Å². The van der Waals surface area contributed by atoms with Gasteiger partial charge >= 0.3 is 19.8 Å². The second-order valence-electron chi connectivity index (χ2n) is 15.5. The molecule has 14 heteroatoms. The molecule has 1 aliphatic rings. The van der Waals surface area contributed by atoms with Gasteiger partial charge in [0.1, 0.15) is 43.2 Å². The molecule has 0 aromatic heterocycles. The third-order valence-corrected chi connectivity index (χ3v) is 11.1. The van der Waals surface area contributed by atoms with Crippen LogP contribution in [0.25, 0.3) is 0 Å². The molecular weight excluding hydrogens is 791 g/mol. The number of phosphoric acid groups is 1. The molecule has 60 heavy (non-hydrogen) atoms. The standard InChI is InChI=1S/C46H79O13P/c1-3-5-7-9-11-13-15-17-19-21-22-24-26-28-30-32-34-39(47)56-36-38(37-57-60(54,55)59-46-44(52)42(50)41(49)43(51)45(46)53)58-40(48)35-33-31-29-27-25-23-20-18-16-14-12-10-8-6-4-2/h6,8,12,14,18-21,25,27,38,41-46,49-53H,3-5,7,9-11,13,15-17,22-24,26,28-37H2,1-2H3,(H,54,55)/b8-6-,14-12-,20-18-,21-19-,27-25-. The maximum atomic E-state index is 12.8. The van der Waals surface area contributed by atoms with Crippen LogP contribution >= 0.6 is 7.82 Å². The number of rotatable bonds is 36. The van der Waals surface area contributed by atoms with Crippen LogP contribution in [-0.2, 0) is 32.7 Å². The second-order valence-corrected chi connectivity index (χ2v) is 16.9. The first kappa shape index (κ1) is 55.6. The van der Waals surface area contributed by atoms with Crippen molar-refractivity contribution in [1.29, 1.82) is 0 Å². The largest absolute Gasteiger partial charge is 0.472 e. The number of esters is 2. The van der Waals surface area contributed by atoms with Gasteiger partial charge in [0.2, 0.25) is 0 Å². The molecule has 1 rings (SSSR count). The van der Waals surface area contributed by atoms with E-state index >= 15 is 0 Å². The predicted octanol–water partition coefficient (Wildman–Crippen LogP) is 8.55. The van der Waals surface area contributed by atoms with Gasteiger partial charge in [0.05, 0.1) is 6.61 Å². The third-order valence-electron chi connectivity index (χ3n) is 10.1. The van der Waals surface area contributed by atoms with E-state index in [4.69, 9.17) is 18.5 Å². The van der Waals surface area contributed by atoms with Gasteiger partial charge in [-0.2, -0.15) is 0 Å². The van der Waals surface area contributed by atoms with Gasteiger partial charge in [-0.3, -0.25) is 18.6 Å². The molecule has 0 bridgehead atoms. The van der Waals surface area contributed by atoms with E-state index in [2.05, 4.69) is 68.5 Å². The maximum absolute atomic E-state index is 12.8. The van der Waals surface area contributed by atoms with Crippen LogP contribution in [0.5, 0.6) is 0 Å². The quantitative estimate of drug-likeness (QED) is 0.0151. The van der Waals surface area contributed by atoms with Crippen LogP contribution in [0.3, 0.4) is 0 Å². The van der Waals surface area contributed by atoms with Crippen LogP contribution in [0, 0.1) is 0 Å². The number of hydrogen-bond donors (Lipinski definition) is 6. The highest BCUT2D eigenvalue weighted by Gasteiger charge is 2.51. The van der Waals surface area contributed by atoms with E-state index in [-0.39, 0.29) is 12.8 Å². The first-order valence-electron chi connectivity index (χ1n) is 22.6. The van der Waals surface area contributed by atoms with Crippen molar-refractivity contribution in [1.82, 2.24) is 0 Å². The first-order chi connectivity index (χ1) is 28.9. The summed E-state index contributed by atoms with van der Waals surface area (Å²) >= 11 is 0. The van der Waals surface area contributed by atoms with Gasteiger partial charge in [-0.1, -0.05) is 132 Å². The molecule has 0 aliphatic heterocycles. The lowest BCUT2D eigenvalue weighted by atomic mass is 9.85. The smallest absolute Gasteiger partial charge is 0.462 e. The molecule has 346 valence electrons. The Balaban J connectivity index is 2.51. The molecule has 0 aromatic carbocycles. The first-order valence-corrected chi connectivity index (χ1v) is 24.1. The van der Waals surface area contributed by atoms with Gasteiger partial charge in [0, 0.05) is 12.8 Å². The van der Waals surface area contributed by atoms with Gasteiger partial charge in [-0.25, -0.2) is 4.57 Å². The Hall–Kier alpha value is -2.45. The molecule has 1 fully saturated rings. The average molecular weight is 871 g/mol. The highest BCUT2D eigenvalue weighted by Crippen LogP contribution is 2.47. The number of unbranched alkanes of at least 4 members (excludes halogenated alkanes) is 14. The number of hydrogen-bond acceptors (Lipinski definition) is 12. The molecule has 1 aliphatic carbocycles. The van der Waals surface area contributed by atoms with Crippen molar-refractivity contribution in [3.63, 3.8) is 0 Å². The Kier molecular flexibility index (Phi) is 33.4. The lowest BCUT2D eigenvalue weighted by molar-refractivity contribution is -0.220. The SMILES string of the molecule is CC/C=C\C/C=C\C/C=C\C/C=C\CCCCC(=O)OC(COC(=O)CCCCCCC/C=C\CCCCCCCCC)COP(=O)(O)OC1C(O)C(O)C(O)C(O)C1O. The van der Waals surface area contributed by atoms with Gasteiger partial charge in [-0.15, -0.1) is 0 Å². The van der Waals surface area contributed by atoms with Crippen LogP contribution in [-0.4, -0.2) is 98.3 Å². The number of ether oxygens (including phenoxy) is 2. The fraction of sp³-hybridized carbons (Fsp3) is 0.739. The summed E-state index contributed by atoms with van der Waals surface area (Å²) in [6.07, 6.45) is 30.0. The van der Waals surface area contributed by atoms with Crippen LogP contribution in [0.1, 0.15) is 162 Å². The van der Waals surface area contributed by atoms with E-state index in [9.17, 15) is 44.6 Å². The number of phosphoric ester groups is 1. The fourth-order valence-corrected chi connectivity index (χ4v) is 7.42. The highest BCUT2D eigenvalue weighted by atomic mass is 31.2. The Morgan fingerprint density at radius 2 is 0.950 bits per heavy atom. The van der Waals surface area contributed by atoms with E-state index in [1.807, 2.05) is 6.08 Å². The number of carbonyl (C=O) groups excluding carboxylic acids is 2. The summed E-state index contributed by atoms with van der Waals surface area (Å²) < 4.78 is 33.4. The number of allylic oxidation sites excluding steroid dienone is 10. The molecule has 0 spiro atoms. The molecule has 0 saturated heterocycles. The fourth-order valence-electron chi connectivity index (χ4n) is 6.45. The van der Waals surface area contributed by atoms with E-state index < -0.39 is 75.7 Å². The topological polar surface area (TPSA) is 210 Å². The van der Waals surface area contributed by atoms with E-state index in [0.717, 1.165) is 70.6 Å². The Morgan fingerprint density at radius 3 is 1.50 bits per heavy atom. The zero-order chi connectivity index (χ0) is 44.3. The Labute approximate surface area is 360 Å². The van der Waals surface area contributed by atoms with Crippen LogP contribution in [0.4, 0.5) is 0 Å². The van der Waals surface area contributed by atoms with Crippen molar-refractivity contribution in [2.24, 2.45) is 0 Å². The third kappa shape index (κ3) is 28.2. The predicted molar refractivity (Wildman–Crippen MR) is 235 cm³/mol. The summed E-state index contributed by atoms with van der Waals surface area (Å²) in [6.45, 7) is 3.13. The van der Waals surface area contributed by atoms with Gasteiger partial charge in [-0.05, 0) is 77.0 Å². The summed E-state index contributed by atoms with van der Waals surface area (Å²) in [5.74, 6) is -1.16. The van der Waals surface area contributed by atoms with Crippen molar-refractivity contribution < 1.29 is 63.1 Å². The van der Waals surface area contributed by atoms with Crippen LogP contribution in [0.15, 0.2) is 60.8 Å². The minimum absolute atomic E-state index is 0.0405. The highest BCUT2D eigenvalue weighted by molar-refractivity contribution is 7.47. The normalized spacial score (nSPS) is 22.7. The molecule has 0 aromatic rings. The summed E-state index contributed by atoms with van der Waals surface area (Å²) in [7, 11) is -5.13. The zero-order valence-corrected chi connectivity index (χ0v) is 37.4. The van der Waals surface area contributed by atoms with Crippen molar-refractivity contribution in [3.05, 3.63) is 60.8 Å². The summed E-state index contributed by atoms with van der Waals surface area (Å²) in [6, 6.07) is 0. The Morgan fingerprint density at radius 1 is 0.533 bits per heavy atom. The molecule has 6 atom stereocenters. The zero-order valence-electron chi connectivity index (χ0n) is 36.5. The summed E-state index contributed by atoms with van der Waals surface area (Å²) in [5, 5.41) is 50.1. The minimum Gasteiger partial charge on any atom is -0.462 e. The van der Waals surface area contributed by atoms with Crippen molar-refractivity contribution >= 4 is 19.8 Å². The van der Waals surface area contributed by atoms with Crippen LogP contribution < -0.4 is 0 Å². The van der Waals surface area contributed by atoms with Gasteiger partial charge in [0.15, 0.2) is 6.10 Å². The minimum atomic E-state index is -5.13. The van der Waals surface area contributed by atoms with Crippen molar-refractivity contribution in [3.8, 4) is 0 Å². The van der Waals surface area contributed by atoms with E-state index in [0.29, 0.717) is 19.3 Å². The molecule has 0 heterocycles.